The summed E-state index contributed by atoms with van der Waals surface area (Å²) in [5.74, 6) is -0.188. The standard InChI is InChI=1S/C26H24F3N5OS/c1-15-23(36-25(31-15)20-11-4-5-12-30-20)24(35)33-17-8-6-7-16(13-17)32-21-14-22(26(27,28)29)34-19-10-3-2-9-18(19)21/h2-5,9-12,14,16-17H,6-8,13H2,1H3,(H,32,34)(H,33,35)/t16-,17+/m0/s1. The molecular weight excluding hydrogens is 487 g/mol. The van der Waals surface area contributed by atoms with Crippen LogP contribution >= 0.6 is 11.3 Å². The third-order valence-electron chi connectivity index (χ3n) is 6.26. The van der Waals surface area contributed by atoms with Crippen LogP contribution in [-0.4, -0.2) is 32.9 Å². The lowest BCUT2D eigenvalue weighted by molar-refractivity contribution is -0.140. The smallest absolute Gasteiger partial charge is 0.382 e. The van der Waals surface area contributed by atoms with Gasteiger partial charge in [0.15, 0.2) is 0 Å². The molecule has 1 amide bonds. The Morgan fingerprint density at radius 1 is 1.06 bits per heavy atom. The molecule has 0 spiro atoms. The molecule has 1 fully saturated rings. The third-order valence-corrected chi connectivity index (χ3v) is 7.44. The van der Waals surface area contributed by atoms with E-state index in [2.05, 4.69) is 25.6 Å². The van der Waals surface area contributed by atoms with E-state index in [0.717, 1.165) is 31.0 Å². The van der Waals surface area contributed by atoms with Gasteiger partial charge in [-0.15, -0.1) is 11.3 Å². The number of aromatic nitrogens is 3. The predicted octanol–water partition coefficient (Wildman–Crippen LogP) is 6.23. The lowest BCUT2D eigenvalue weighted by atomic mass is 9.90. The highest BCUT2D eigenvalue weighted by Crippen LogP contribution is 2.34. The SMILES string of the molecule is Cc1nc(-c2ccccn2)sc1C(=O)N[C@@H]1CCC[C@H](Nc2cc(C(F)(F)F)nc3ccccc23)C1. The van der Waals surface area contributed by atoms with E-state index in [0.29, 0.717) is 38.6 Å². The summed E-state index contributed by atoms with van der Waals surface area (Å²) in [6.07, 6.45) is 0.204. The second-order valence-electron chi connectivity index (χ2n) is 8.90. The van der Waals surface area contributed by atoms with Gasteiger partial charge < -0.3 is 10.6 Å². The number of hydrogen-bond acceptors (Lipinski definition) is 6. The van der Waals surface area contributed by atoms with Crippen LogP contribution in [-0.2, 0) is 6.18 Å². The molecule has 1 aliphatic carbocycles. The average molecular weight is 512 g/mol. The minimum Gasteiger partial charge on any atom is -0.382 e. The zero-order chi connectivity index (χ0) is 25.3. The van der Waals surface area contributed by atoms with Crippen LogP contribution < -0.4 is 10.6 Å². The first-order chi connectivity index (χ1) is 17.3. The van der Waals surface area contributed by atoms with E-state index in [-0.39, 0.29) is 18.0 Å². The number of anilines is 1. The number of carbonyl (C=O) groups is 1. The quantitative estimate of drug-likeness (QED) is 0.332. The van der Waals surface area contributed by atoms with Crippen LogP contribution in [0.4, 0.5) is 18.9 Å². The van der Waals surface area contributed by atoms with E-state index >= 15 is 0 Å². The molecule has 1 aromatic carbocycles. The number of para-hydroxylation sites is 1. The number of carbonyl (C=O) groups excluding carboxylic acids is 1. The molecule has 0 bridgehead atoms. The van der Waals surface area contributed by atoms with Crippen LogP contribution in [0.5, 0.6) is 0 Å². The van der Waals surface area contributed by atoms with E-state index in [1.165, 1.54) is 11.3 Å². The van der Waals surface area contributed by atoms with Crippen molar-refractivity contribution in [2.75, 3.05) is 5.32 Å². The Balaban J connectivity index is 1.30. The van der Waals surface area contributed by atoms with Gasteiger partial charge in [-0.2, -0.15) is 13.2 Å². The van der Waals surface area contributed by atoms with Gasteiger partial charge in [-0.1, -0.05) is 24.3 Å². The maximum absolute atomic E-state index is 13.4. The Hall–Kier alpha value is -3.53. The number of rotatable bonds is 5. The summed E-state index contributed by atoms with van der Waals surface area (Å²) in [6.45, 7) is 1.80. The van der Waals surface area contributed by atoms with Gasteiger partial charge in [0.2, 0.25) is 0 Å². The van der Waals surface area contributed by atoms with Crippen LogP contribution in [0.1, 0.15) is 46.7 Å². The van der Waals surface area contributed by atoms with Gasteiger partial charge in [0.25, 0.3) is 5.91 Å². The molecule has 10 heteroatoms. The number of aryl methyl sites for hydroxylation is 1. The van der Waals surface area contributed by atoms with Crippen molar-refractivity contribution in [1.82, 2.24) is 20.3 Å². The van der Waals surface area contributed by atoms with Gasteiger partial charge in [0, 0.05) is 29.4 Å². The lowest BCUT2D eigenvalue weighted by Gasteiger charge is -2.31. The van der Waals surface area contributed by atoms with E-state index in [1.807, 2.05) is 18.2 Å². The first-order valence-corrected chi connectivity index (χ1v) is 12.5. The number of nitrogens with one attached hydrogen (secondary N) is 2. The molecule has 4 aromatic rings. The second-order valence-corrected chi connectivity index (χ2v) is 9.90. The van der Waals surface area contributed by atoms with Crippen molar-refractivity contribution in [3.63, 3.8) is 0 Å². The van der Waals surface area contributed by atoms with Crippen molar-refractivity contribution in [3.8, 4) is 10.7 Å². The van der Waals surface area contributed by atoms with Gasteiger partial charge in [0.1, 0.15) is 15.6 Å². The summed E-state index contributed by atoms with van der Waals surface area (Å²) in [4.78, 5) is 26.2. The van der Waals surface area contributed by atoms with Crippen molar-refractivity contribution in [2.24, 2.45) is 0 Å². The summed E-state index contributed by atoms with van der Waals surface area (Å²) in [6, 6.07) is 13.2. The molecule has 6 nitrogen and oxygen atoms in total. The van der Waals surface area contributed by atoms with Crippen molar-refractivity contribution in [1.29, 1.82) is 0 Å². The molecule has 1 aliphatic rings. The summed E-state index contributed by atoms with van der Waals surface area (Å²) < 4.78 is 40.3. The van der Waals surface area contributed by atoms with Crippen molar-refractivity contribution in [2.45, 2.75) is 50.9 Å². The third kappa shape index (κ3) is 5.18. The number of alkyl halides is 3. The summed E-state index contributed by atoms with van der Waals surface area (Å²) in [7, 11) is 0. The zero-order valence-electron chi connectivity index (χ0n) is 19.5. The summed E-state index contributed by atoms with van der Waals surface area (Å²) in [5.41, 5.74) is 1.14. The Morgan fingerprint density at radius 2 is 1.83 bits per heavy atom. The van der Waals surface area contributed by atoms with Crippen molar-refractivity contribution < 1.29 is 18.0 Å². The Kier molecular flexibility index (Phi) is 6.61. The second kappa shape index (κ2) is 9.85. The Labute approximate surface area is 210 Å². The summed E-state index contributed by atoms with van der Waals surface area (Å²) in [5, 5.41) is 7.74. The fraction of sp³-hybridized carbons (Fsp3) is 0.308. The largest absolute Gasteiger partial charge is 0.433 e. The van der Waals surface area contributed by atoms with Crippen molar-refractivity contribution >= 4 is 33.8 Å². The van der Waals surface area contributed by atoms with Gasteiger partial charge >= 0.3 is 6.18 Å². The number of benzene rings is 1. The van der Waals surface area contributed by atoms with Crippen LogP contribution in [0.15, 0.2) is 54.7 Å². The number of hydrogen-bond donors (Lipinski definition) is 2. The normalized spacial score (nSPS) is 18.2. The molecule has 0 aliphatic heterocycles. The first-order valence-electron chi connectivity index (χ1n) is 11.7. The number of halogens is 3. The number of pyridine rings is 2. The average Bonchev–Trinajstić information content (AvgIpc) is 3.26. The van der Waals surface area contributed by atoms with E-state index in [1.54, 1.807) is 37.4 Å². The number of amides is 1. The minimum atomic E-state index is -4.54. The molecule has 0 radical (unpaired) electrons. The highest BCUT2D eigenvalue weighted by atomic mass is 32.1. The van der Waals surface area contributed by atoms with E-state index in [9.17, 15) is 18.0 Å². The highest BCUT2D eigenvalue weighted by molar-refractivity contribution is 7.17. The summed E-state index contributed by atoms with van der Waals surface area (Å²) >= 11 is 1.30. The fourth-order valence-electron chi connectivity index (χ4n) is 4.57. The Bertz CT molecular complexity index is 1390. The number of thiazole rings is 1. The number of fused-ring (bicyclic) bond motifs is 1. The molecule has 5 rings (SSSR count). The van der Waals surface area contributed by atoms with Crippen LogP contribution in [0.2, 0.25) is 0 Å². The fourth-order valence-corrected chi connectivity index (χ4v) is 5.52. The molecule has 186 valence electrons. The molecular formula is C26H24F3N5OS. The van der Waals surface area contributed by atoms with Gasteiger partial charge in [-0.3, -0.25) is 9.78 Å². The predicted molar refractivity (Wildman–Crippen MR) is 134 cm³/mol. The van der Waals surface area contributed by atoms with E-state index < -0.39 is 11.9 Å². The zero-order valence-corrected chi connectivity index (χ0v) is 20.3. The molecule has 1 saturated carbocycles. The first kappa shape index (κ1) is 24.2. The lowest BCUT2D eigenvalue weighted by Crippen LogP contribution is -2.41. The van der Waals surface area contributed by atoms with E-state index in [4.69, 9.17) is 0 Å². The molecule has 36 heavy (non-hydrogen) atoms. The van der Waals surface area contributed by atoms with Gasteiger partial charge in [-0.05, 0) is 56.9 Å². The highest BCUT2D eigenvalue weighted by Gasteiger charge is 2.34. The topological polar surface area (TPSA) is 79.8 Å². The Morgan fingerprint density at radius 3 is 2.61 bits per heavy atom. The minimum absolute atomic E-state index is 0.0809. The monoisotopic (exact) mass is 511 g/mol. The van der Waals surface area contributed by atoms with Gasteiger partial charge in [0.05, 0.1) is 16.9 Å². The van der Waals surface area contributed by atoms with Crippen LogP contribution in [0.25, 0.3) is 21.6 Å². The maximum atomic E-state index is 13.4. The molecule has 0 unspecified atom stereocenters. The number of nitrogens with zero attached hydrogens (tertiary/aromatic N) is 3. The van der Waals surface area contributed by atoms with Crippen LogP contribution in [0.3, 0.4) is 0 Å². The maximum Gasteiger partial charge on any atom is 0.433 e. The molecule has 3 heterocycles. The van der Waals surface area contributed by atoms with Gasteiger partial charge in [-0.25, -0.2) is 9.97 Å². The van der Waals surface area contributed by atoms with Crippen molar-refractivity contribution in [3.05, 3.63) is 71.0 Å². The molecule has 3 aromatic heterocycles. The molecule has 2 atom stereocenters. The van der Waals surface area contributed by atoms with Crippen LogP contribution in [0, 0.1) is 6.92 Å². The molecule has 2 N–H and O–H groups in total. The molecule has 0 saturated heterocycles.